The van der Waals surface area contributed by atoms with Crippen LogP contribution in [0.2, 0.25) is 5.02 Å². The van der Waals surface area contributed by atoms with Gasteiger partial charge in [0.05, 0.1) is 17.7 Å². The van der Waals surface area contributed by atoms with E-state index in [1.54, 1.807) is 36.4 Å². The molecule has 3 aromatic carbocycles. The van der Waals surface area contributed by atoms with Crippen molar-refractivity contribution < 1.29 is 23.4 Å². The van der Waals surface area contributed by atoms with Crippen molar-refractivity contribution >= 4 is 45.5 Å². The number of carbonyl (C=O) groups excluding carboxylic acids is 1. The van der Waals surface area contributed by atoms with Crippen molar-refractivity contribution in [2.45, 2.75) is 6.61 Å². The zero-order valence-electron chi connectivity index (χ0n) is 16.8. The number of nitrogens with zero attached hydrogens (tertiary/aromatic N) is 1. The minimum atomic E-state index is -0.572. The molecular weight excluding hydrogens is 501 g/mol. The van der Waals surface area contributed by atoms with Gasteiger partial charge in [-0.15, -0.1) is 0 Å². The number of esters is 1. The number of benzene rings is 3. The van der Waals surface area contributed by atoms with E-state index in [9.17, 15) is 9.18 Å². The number of methoxy groups -OCH3 is 1. The number of carbonyl (C=O) groups is 1. The molecule has 0 N–H and O–H groups in total. The number of ether oxygens (including phenoxy) is 3. The largest absolute Gasteiger partial charge is 0.493 e. The average Bonchev–Trinajstić information content (AvgIpc) is 3.13. The van der Waals surface area contributed by atoms with Gasteiger partial charge < -0.3 is 14.2 Å². The molecule has 0 amide bonds. The molecule has 0 aromatic heterocycles. The predicted octanol–water partition coefficient (Wildman–Crippen LogP) is 6.17. The second kappa shape index (κ2) is 9.54. The maximum atomic E-state index is 13.4. The molecule has 162 valence electrons. The van der Waals surface area contributed by atoms with E-state index in [0.29, 0.717) is 28.2 Å². The summed E-state index contributed by atoms with van der Waals surface area (Å²) in [5, 5.41) is 0.272. The molecule has 0 saturated carbocycles. The molecule has 0 radical (unpaired) electrons. The van der Waals surface area contributed by atoms with Crippen LogP contribution in [0.4, 0.5) is 4.39 Å². The van der Waals surface area contributed by atoms with Gasteiger partial charge in [-0.25, -0.2) is 14.2 Å². The number of hydrogen-bond donors (Lipinski definition) is 0. The normalized spacial score (nSPS) is 14.3. The molecule has 8 heteroatoms. The fourth-order valence-electron chi connectivity index (χ4n) is 3.06. The van der Waals surface area contributed by atoms with Crippen LogP contribution in [-0.2, 0) is 16.1 Å². The second-order valence-electron chi connectivity index (χ2n) is 6.77. The lowest BCUT2D eigenvalue weighted by Gasteiger charge is -2.13. The summed E-state index contributed by atoms with van der Waals surface area (Å²) in [5.41, 5.74) is 2.02. The van der Waals surface area contributed by atoms with Crippen molar-refractivity contribution in [3.8, 4) is 11.5 Å². The molecule has 1 heterocycles. The van der Waals surface area contributed by atoms with E-state index in [1.807, 2.05) is 18.2 Å². The molecule has 0 unspecified atom stereocenters. The summed E-state index contributed by atoms with van der Waals surface area (Å²) in [5.74, 6) is -0.0368. The maximum absolute atomic E-state index is 13.4. The number of aliphatic imine (C=N–C) groups is 1. The van der Waals surface area contributed by atoms with E-state index in [4.69, 9.17) is 25.8 Å². The van der Waals surface area contributed by atoms with Crippen molar-refractivity contribution in [2.24, 2.45) is 4.99 Å². The Bertz CT molecular complexity index is 1260. The number of halogens is 3. The molecule has 0 spiro atoms. The summed E-state index contributed by atoms with van der Waals surface area (Å²) in [7, 11) is 1.48. The first-order valence-corrected chi connectivity index (χ1v) is 10.6. The van der Waals surface area contributed by atoms with Gasteiger partial charge in [-0.3, -0.25) is 0 Å². The zero-order chi connectivity index (χ0) is 22.7. The molecule has 1 aliphatic rings. The standard InChI is InChI=1S/C24H16BrClFNO4/c1-30-21-12-15(10-19(26)22(21)31-13-14-5-4-6-16(27)9-14)11-20-24(29)32-23(28-20)17-7-2-3-8-18(17)25/h2-12H,13H2,1H3/b20-11-. The van der Waals surface area contributed by atoms with Gasteiger partial charge >= 0.3 is 5.97 Å². The average molecular weight is 517 g/mol. The van der Waals surface area contributed by atoms with Crippen molar-refractivity contribution in [1.29, 1.82) is 0 Å². The lowest BCUT2D eigenvalue weighted by molar-refractivity contribution is -0.129. The number of hydrogen-bond acceptors (Lipinski definition) is 5. The van der Waals surface area contributed by atoms with Gasteiger partial charge in [0.15, 0.2) is 17.2 Å². The molecule has 0 aliphatic carbocycles. The highest BCUT2D eigenvalue weighted by Crippen LogP contribution is 2.38. The molecule has 3 aromatic rings. The van der Waals surface area contributed by atoms with E-state index in [-0.39, 0.29) is 29.0 Å². The SMILES string of the molecule is COc1cc(/C=C2\N=C(c3ccccc3Br)OC2=O)cc(Cl)c1OCc1cccc(F)c1. The van der Waals surface area contributed by atoms with Crippen LogP contribution in [0.3, 0.4) is 0 Å². The summed E-state index contributed by atoms with van der Waals surface area (Å²) in [6.45, 7) is 0.111. The monoisotopic (exact) mass is 515 g/mol. The first kappa shape index (κ1) is 22.0. The van der Waals surface area contributed by atoms with Gasteiger partial charge in [0.2, 0.25) is 5.90 Å². The van der Waals surface area contributed by atoms with Crippen LogP contribution in [0.15, 0.2) is 75.8 Å². The first-order chi connectivity index (χ1) is 15.4. The molecule has 32 heavy (non-hydrogen) atoms. The zero-order valence-corrected chi connectivity index (χ0v) is 19.1. The van der Waals surface area contributed by atoms with Crippen molar-refractivity contribution in [1.82, 2.24) is 0 Å². The van der Waals surface area contributed by atoms with E-state index < -0.39 is 5.97 Å². The molecule has 4 rings (SSSR count). The highest BCUT2D eigenvalue weighted by Gasteiger charge is 2.25. The summed E-state index contributed by atoms with van der Waals surface area (Å²) in [6, 6.07) is 16.7. The second-order valence-corrected chi connectivity index (χ2v) is 8.03. The summed E-state index contributed by atoms with van der Waals surface area (Å²) >= 11 is 9.84. The fourth-order valence-corrected chi connectivity index (χ4v) is 3.79. The van der Waals surface area contributed by atoms with Crippen LogP contribution >= 0.6 is 27.5 Å². The lowest BCUT2D eigenvalue weighted by atomic mass is 10.1. The minimum absolute atomic E-state index is 0.111. The van der Waals surface area contributed by atoms with E-state index in [1.165, 1.54) is 19.2 Å². The van der Waals surface area contributed by atoms with Crippen LogP contribution in [0.1, 0.15) is 16.7 Å². The van der Waals surface area contributed by atoms with Gasteiger partial charge in [0.1, 0.15) is 12.4 Å². The van der Waals surface area contributed by atoms with E-state index in [0.717, 1.165) is 4.47 Å². The van der Waals surface area contributed by atoms with Crippen molar-refractivity contribution in [3.05, 3.63) is 98.4 Å². The van der Waals surface area contributed by atoms with Gasteiger partial charge in [0.25, 0.3) is 0 Å². The Labute approximate surface area is 197 Å². The Morgan fingerprint density at radius 1 is 1.16 bits per heavy atom. The fraction of sp³-hybridized carbons (Fsp3) is 0.0833. The van der Waals surface area contributed by atoms with Gasteiger partial charge in [-0.1, -0.05) is 35.9 Å². The third-order valence-corrected chi connectivity index (χ3v) is 5.52. The smallest absolute Gasteiger partial charge is 0.363 e. The Kier molecular flexibility index (Phi) is 6.58. The summed E-state index contributed by atoms with van der Waals surface area (Å²) in [4.78, 5) is 16.6. The third kappa shape index (κ3) is 4.84. The van der Waals surface area contributed by atoms with Gasteiger partial charge in [-0.05, 0) is 69.5 Å². The van der Waals surface area contributed by atoms with Crippen molar-refractivity contribution in [2.75, 3.05) is 7.11 Å². The summed E-state index contributed by atoms with van der Waals surface area (Å²) < 4.78 is 30.6. The number of rotatable bonds is 6. The lowest BCUT2D eigenvalue weighted by Crippen LogP contribution is -2.05. The first-order valence-electron chi connectivity index (χ1n) is 9.47. The van der Waals surface area contributed by atoms with E-state index in [2.05, 4.69) is 20.9 Å². The van der Waals surface area contributed by atoms with Gasteiger partial charge in [0, 0.05) is 4.47 Å². The molecular formula is C24H16BrClFNO4. The Balaban J connectivity index is 1.60. The van der Waals surface area contributed by atoms with Crippen LogP contribution in [-0.4, -0.2) is 19.0 Å². The molecule has 1 aliphatic heterocycles. The summed E-state index contributed by atoms with van der Waals surface area (Å²) in [6.07, 6.45) is 1.55. The molecule has 0 fully saturated rings. The van der Waals surface area contributed by atoms with Crippen LogP contribution < -0.4 is 9.47 Å². The highest BCUT2D eigenvalue weighted by atomic mass is 79.9. The Hall–Kier alpha value is -3.16. The minimum Gasteiger partial charge on any atom is -0.493 e. The third-order valence-electron chi connectivity index (χ3n) is 4.55. The molecule has 0 bridgehead atoms. The molecule has 0 saturated heterocycles. The van der Waals surface area contributed by atoms with Crippen LogP contribution in [0.25, 0.3) is 6.08 Å². The number of cyclic esters (lactones) is 1. The van der Waals surface area contributed by atoms with Crippen LogP contribution in [0.5, 0.6) is 11.5 Å². The highest BCUT2D eigenvalue weighted by molar-refractivity contribution is 9.10. The molecule has 0 atom stereocenters. The van der Waals surface area contributed by atoms with Crippen LogP contribution in [0, 0.1) is 5.82 Å². The van der Waals surface area contributed by atoms with E-state index >= 15 is 0 Å². The Morgan fingerprint density at radius 3 is 2.72 bits per heavy atom. The quantitative estimate of drug-likeness (QED) is 0.290. The Morgan fingerprint density at radius 2 is 1.97 bits per heavy atom. The molecule has 5 nitrogen and oxygen atoms in total. The maximum Gasteiger partial charge on any atom is 0.363 e. The van der Waals surface area contributed by atoms with Gasteiger partial charge in [-0.2, -0.15) is 0 Å². The van der Waals surface area contributed by atoms with Crippen molar-refractivity contribution in [3.63, 3.8) is 0 Å². The topological polar surface area (TPSA) is 57.1 Å². The predicted molar refractivity (Wildman–Crippen MR) is 123 cm³/mol.